The lowest BCUT2D eigenvalue weighted by Crippen LogP contribution is -2.13. The van der Waals surface area contributed by atoms with Crippen LogP contribution in [0.5, 0.6) is 5.75 Å². The minimum absolute atomic E-state index is 0.0668. The van der Waals surface area contributed by atoms with Crippen molar-refractivity contribution in [1.82, 2.24) is 0 Å². The summed E-state index contributed by atoms with van der Waals surface area (Å²) in [4.78, 5) is 12.3. The zero-order chi connectivity index (χ0) is 17.7. The van der Waals surface area contributed by atoms with Crippen molar-refractivity contribution in [3.63, 3.8) is 0 Å². The maximum absolute atomic E-state index is 12.3. The Labute approximate surface area is 142 Å². The average Bonchev–Trinajstić information content (AvgIpc) is 2.57. The Balaban J connectivity index is 2.25. The Bertz CT molecular complexity index is 828. The van der Waals surface area contributed by atoms with E-state index in [1.807, 2.05) is 32.9 Å². The van der Waals surface area contributed by atoms with Crippen LogP contribution in [0.2, 0.25) is 0 Å². The quantitative estimate of drug-likeness (QED) is 0.679. The van der Waals surface area contributed by atoms with Gasteiger partial charge in [0, 0.05) is 5.69 Å². The highest BCUT2D eigenvalue weighted by atomic mass is 16.5. The number of hydrogen-bond acceptors (Lipinski definition) is 3. The highest BCUT2D eigenvalue weighted by molar-refractivity contribution is 6.09. The SMILES string of the molecule is COc1ccc(NC(=O)/C(C#N)=C/c2cc(C)c(C)cc2C)cc1. The molecule has 1 amide bonds. The van der Waals surface area contributed by atoms with E-state index in [1.54, 1.807) is 37.5 Å². The van der Waals surface area contributed by atoms with Crippen LogP contribution in [0.3, 0.4) is 0 Å². The van der Waals surface area contributed by atoms with E-state index < -0.39 is 5.91 Å². The van der Waals surface area contributed by atoms with Gasteiger partial charge in [0.25, 0.3) is 5.91 Å². The van der Waals surface area contributed by atoms with Gasteiger partial charge < -0.3 is 10.1 Å². The van der Waals surface area contributed by atoms with E-state index in [1.165, 1.54) is 5.56 Å². The van der Waals surface area contributed by atoms with E-state index >= 15 is 0 Å². The van der Waals surface area contributed by atoms with Gasteiger partial charge in [0.15, 0.2) is 0 Å². The minimum atomic E-state index is -0.430. The molecule has 0 unspecified atom stereocenters. The summed E-state index contributed by atoms with van der Waals surface area (Å²) in [5.74, 6) is 0.273. The molecule has 0 spiro atoms. The normalized spacial score (nSPS) is 10.9. The van der Waals surface area contributed by atoms with Gasteiger partial charge in [0.2, 0.25) is 0 Å². The number of ether oxygens (including phenoxy) is 1. The smallest absolute Gasteiger partial charge is 0.266 e. The third kappa shape index (κ3) is 4.02. The second-order valence-corrected chi connectivity index (χ2v) is 5.65. The first-order valence-corrected chi connectivity index (χ1v) is 7.59. The third-order valence-corrected chi connectivity index (χ3v) is 3.90. The Morgan fingerprint density at radius 1 is 1.08 bits per heavy atom. The predicted octanol–water partition coefficient (Wildman–Crippen LogP) is 4.17. The molecule has 4 nitrogen and oxygen atoms in total. The number of aryl methyl sites for hydroxylation is 3. The molecule has 2 aromatic rings. The first-order chi connectivity index (χ1) is 11.4. The monoisotopic (exact) mass is 320 g/mol. The Morgan fingerprint density at radius 2 is 1.71 bits per heavy atom. The number of methoxy groups -OCH3 is 1. The molecule has 1 N–H and O–H groups in total. The summed E-state index contributed by atoms with van der Waals surface area (Å²) >= 11 is 0. The molecule has 122 valence electrons. The molecule has 2 aromatic carbocycles. The first-order valence-electron chi connectivity index (χ1n) is 7.59. The molecule has 0 bridgehead atoms. The topological polar surface area (TPSA) is 62.1 Å². The summed E-state index contributed by atoms with van der Waals surface area (Å²) in [5.41, 5.74) is 4.89. The highest BCUT2D eigenvalue weighted by Gasteiger charge is 2.11. The number of carbonyl (C=O) groups excluding carboxylic acids is 1. The number of amides is 1. The number of nitriles is 1. The third-order valence-electron chi connectivity index (χ3n) is 3.90. The minimum Gasteiger partial charge on any atom is -0.497 e. The van der Waals surface area contributed by atoms with Crippen molar-refractivity contribution in [3.8, 4) is 11.8 Å². The molecule has 0 saturated carbocycles. The standard InChI is InChI=1S/C20H20N2O2/c1-13-9-15(3)16(10-14(13)2)11-17(12-21)20(23)22-18-5-7-19(24-4)8-6-18/h5-11H,1-4H3,(H,22,23)/b17-11+. The molecule has 0 radical (unpaired) electrons. The number of nitrogens with one attached hydrogen (secondary N) is 1. The van der Waals surface area contributed by atoms with Gasteiger partial charge >= 0.3 is 0 Å². The fourth-order valence-electron chi connectivity index (χ4n) is 2.32. The largest absolute Gasteiger partial charge is 0.497 e. The summed E-state index contributed by atoms with van der Waals surface area (Å²) in [5, 5.41) is 12.1. The molecule has 4 heteroatoms. The molecular formula is C20H20N2O2. The van der Waals surface area contributed by atoms with Gasteiger partial charge in [0.05, 0.1) is 7.11 Å². The van der Waals surface area contributed by atoms with Crippen LogP contribution in [-0.2, 0) is 4.79 Å². The van der Waals surface area contributed by atoms with Crippen LogP contribution in [0.4, 0.5) is 5.69 Å². The summed E-state index contributed by atoms with van der Waals surface area (Å²) < 4.78 is 5.08. The van der Waals surface area contributed by atoms with Crippen molar-refractivity contribution in [2.45, 2.75) is 20.8 Å². The fraction of sp³-hybridized carbons (Fsp3) is 0.200. The van der Waals surface area contributed by atoms with E-state index in [0.717, 1.165) is 16.7 Å². The molecule has 0 aromatic heterocycles. The lowest BCUT2D eigenvalue weighted by atomic mass is 9.99. The summed E-state index contributed by atoms with van der Waals surface area (Å²) in [6.45, 7) is 6.02. The van der Waals surface area contributed by atoms with Gasteiger partial charge in [0.1, 0.15) is 17.4 Å². The highest BCUT2D eigenvalue weighted by Crippen LogP contribution is 2.19. The second kappa shape index (κ2) is 7.47. The van der Waals surface area contributed by atoms with Crippen LogP contribution in [0.1, 0.15) is 22.3 Å². The Hall–Kier alpha value is -3.06. The van der Waals surface area contributed by atoms with Gasteiger partial charge in [-0.15, -0.1) is 0 Å². The number of hydrogen-bond donors (Lipinski definition) is 1. The molecule has 0 saturated heterocycles. The van der Waals surface area contributed by atoms with Gasteiger partial charge in [-0.05, 0) is 73.4 Å². The number of anilines is 1. The summed E-state index contributed by atoms with van der Waals surface area (Å²) in [6, 6.07) is 13.0. The van der Waals surface area contributed by atoms with Gasteiger partial charge in [-0.3, -0.25) is 4.79 Å². The van der Waals surface area contributed by atoms with E-state index in [-0.39, 0.29) is 5.57 Å². The van der Waals surface area contributed by atoms with E-state index in [0.29, 0.717) is 11.4 Å². The maximum Gasteiger partial charge on any atom is 0.266 e. The summed E-state index contributed by atoms with van der Waals surface area (Å²) in [7, 11) is 1.58. The number of benzene rings is 2. The molecule has 0 aliphatic rings. The van der Waals surface area contributed by atoms with E-state index in [4.69, 9.17) is 4.74 Å². The first kappa shape index (κ1) is 17.3. The zero-order valence-electron chi connectivity index (χ0n) is 14.3. The predicted molar refractivity (Wildman–Crippen MR) is 95.9 cm³/mol. The number of nitrogens with zero attached hydrogens (tertiary/aromatic N) is 1. The fourth-order valence-corrected chi connectivity index (χ4v) is 2.32. The number of rotatable bonds is 4. The van der Waals surface area contributed by atoms with Crippen LogP contribution < -0.4 is 10.1 Å². The molecule has 0 aliphatic carbocycles. The molecule has 0 fully saturated rings. The lowest BCUT2D eigenvalue weighted by molar-refractivity contribution is -0.112. The number of carbonyl (C=O) groups is 1. The van der Waals surface area contributed by atoms with E-state index in [2.05, 4.69) is 11.4 Å². The van der Waals surface area contributed by atoms with E-state index in [9.17, 15) is 10.1 Å². The molecule has 0 aliphatic heterocycles. The average molecular weight is 320 g/mol. The van der Waals surface area contributed by atoms with Crippen molar-refractivity contribution in [2.24, 2.45) is 0 Å². The van der Waals surface area contributed by atoms with Crippen LogP contribution in [-0.4, -0.2) is 13.0 Å². The lowest BCUT2D eigenvalue weighted by Gasteiger charge is -2.08. The van der Waals surface area contributed by atoms with Crippen molar-refractivity contribution in [2.75, 3.05) is 12.4 Å². The Morgan fingerprint density at radius 3 is 2.29 bits per heavy atom. The molecule has 24 heavy (non-hydrogen) atoms. The molecular weight excluding hydrogens is 300 g/mol. The van der Waals surface area contributed by atoms with Crippen LogP contribution in [0.15, 0.2) is 42.0 Å². The van der Waals surface area contributed by atoms with Crippen molar-refractivity contribution < 1.29 is 9.53 Å². The Kier molecular flexibility index (Phi) is 5.39. The zero-order valence-corrected chi connectivity index (χ0v) is 14.3. The van der Waals surface area contributed by atoms with Gasteiger partial charge in [-0.2, -0.15) is 5.26 Å². The van der Waals surface area contributed by atoms with Crippen LogP contribution in [0, 0.1) is 32.1 Å². The molecule has 2 rings (SSSR count). The van der Waals surface area contributed by atoms with Crippen LogP contribution in [0.25, 0.3) is 6.08 Å². The molecule has 0 atom stereocenters. The summed E-state index contributed by atoms with van der Waals surface area (Å²) in [6.07, 6.45) is 1.63. The maximum atomic E-state index is 12.3. The molecule has 0 heterocycles. The van der Waals surface area contributed by atoms with Crippen molar-refractivity contribution >= 4 is 17.7 Å². The van der Waals surface area contributed by atoms with Gasteiger partial charge in [-0.1, -0.05) is 12.1 Å². The van der Waals surface area contributed by atoms with Gasteiger partial charge in [-0.25, -0.2) is 0 Å². The van der Waals surface area contributed by atoms with Crippen LogP contribution >= 0.6 is 0 Å². The van der Waals surface area contributed by atoms with Crippen molar-refractivity contribution in [1.29, 1.82) is 5.26 Å². The second-order valence-electron chi connectivity index (χ2n) is 5.65. The van der Waals surface area contributed by atoms with Crippen molar-refractivity contribution in [3.05, 3.63) is 64.2 Å².